The largest absolute Gasteiger partial charge is 0.342 e. The topological polar surface area (TPSA) is 22.2 Å². The Kier molecular flexibility index (Phi) is 2.75. The molecule has 0 amide bonds. The Morgan fingerprint density at radius 3 is 2.50 bits per heavy atom. The quantitative estimate of drug-likeness (QED) is 0.445. The predicted molar refractivity (Wildman–Crippen MR) is 101 cm³/mol. The standard InChI is InChI=1S/C21H19N3/c1-3-8-19-21-15(14-9-4-6-11-17(14)23(21)2)13-20-22-16-10-5-7-12-18(16)24(19)20/h4-7,9-13H,3,8H2,1-2H3. The molecule has 0 saturated carbocycles. The van der Waals surface area contributed by atoms with E-state index in [0.717, 1.165) is 24.0 Å². The van der Waals surface area contributed by atoms with Crippen molar-refractivity contribution in [2.75, 3.05) is 0 Å². The van der Waals surface area contributed by atoms with Crippen LogP contribution in [0.25, 0.3) is 38.5 Å². The summed E-state index contributed by atoms with van der Waals surface area (Å²) in [5.74, 6) is 0. The highest BCUT2D eigenvalue weighted by molar-refractivity contribution is 6.10. The third-order valence-electron chi connectivity index (χ3n) is 5.04. The van der Waals surface area contributed by atoms with Gasteiger partial charge in [0.15, 0.2) is 0 Å². The molecule has 3 heteroatoms. The van der Waals surface area contributed by atoms with Crippen molar-refractivity contribution in [3.05, 3.63) is 60.3 Å². The molecule has 5 aromatic rings. The van der Waals surface area contributed by atoms with Gasteiger partial charge >= 0.3 is 0 Å². The van der Waals surface area contributed by atoms with Crippen LogP contribution >= 0.6 is 0 Å². The van der Waals surface area contributed by atoms with Gasteiger partial charge in [0, 0.05) is 29.0 Å². The first-order valence-electron chi connectivity index (χ1n) is 8.56. The molecular weight excluding hydrogens is 294 g/mol. The van der Waals surface area contributed by atoms with Crippen LogP contribution in [0.4, 0.5) is 0 Å². The Morgan fingerprint density at radius 1 is 0.917 bits per heavy atom. The average Bonchev–Trinajstić information content (AvgIpc) is 3.12. The van der Waals surface area contributed by atoms with Crippen LogP contribution in [0.1, 0.15) is 19.0 Å². The third kappa shape index (κ3) is 1.64. The number of rotatable bonds is 2. The zero-order chi connectivity index (χ0) is 16.3. The summed E-state index contributed by atoms with van der Waals surface area (Å²) < 4.78 is 4.68. The number of pyridine rings is 1. The predicted octanol–water partition coefficient (Wildman–Crippen LogP) is 5.08. The van der Waals surface area contributed by atoms with Crippen molar-refractivity contribution in [3.8, 4) is 0 Å². The Bertz CT molecular complexity index is 1220. The van der Waals surface area contributed by atoms with Gasteiger partial charge in [-0.05, 0) is 30.7 Å². The molecule has 3 nitrogen and oxygen atoms in total. The summed E-state index contributed by atoms with van der Waals surface area (Å²) in [5, 5.41) is 2.61. The monoisotopic (exact) mass is 313 g/mol. The molecule has 0 N–H and O–H groups in total. The van der Waals surface area contributed by atoms with Gasteiger partial charge in [-0.2, -0.15) is 0 Å². The molecule has 118 valence electrons. The van der Waals surface area contributed by atoms with E-state index in [2.05, 4.69) is 77.5 Å². The lowest BCUT2D eigenvalue weighted by Gasteiger charge is -2.10. The van der Waals surface area contributed by atoms with Crippen LogP contribution in [0, 0.1) is 0 Å². The number of imidazole rings is 1. The first-order chi connectivity index (χ1) is 11.8. The first kappa shape index (κ1) is 13.6. The van der Waals surface area contributed by atoms with Crippen molar-refractivity contribution >= 4 is 38.5 Å². The van der Waals surface area contributed by atoms with E-state index in [9.17, 15) is 0 Å². The average molecular weight is 313 g/mol. The second-order valence-electron chi connectivity index (χ2n) is 6.47. The maximum atomic E-state index is 4.88. The number of aryl methyl sites for hydroxylation is 2. The maximum absolute atomic E-state index is 4.88. The van der Waals surface area contributed by atoms with Crippen molar-refractivity contribution in [2.24, 2.45) is 7.05 Å². The lowest BCUT2D eigenvalue weighted by Crippen LogP contribution is -2.01. The number of fused-ring (bicyclic) bond motifs is 6. The normalized spacial score (nSPS) is 12.1. The fourth-order valence-electron chi connectivity index (χ4n) is 4.04. The molecule has 0 unspecified atom stereocenters. The number of benzene rings is 2. The van der Waals surface area contributed by atoms with Crippen LogP contribution in [0.2, 0.25) is 0 Å². The van der Waals surface area contributed by atoms with Crippen molar-refractivity contribution < 1.29 is 0 Å². The van der Waals surface area contributed by atoms with E-state index in [1.54, 1.807) is 0 Å². The van der Waals surface area contributed by atoms with Gasteiger partial charge in [0.1, 0.15) is 5.65 Å². The molecule has 0 radical (unpaired) electrons. The zero-order valence-corrected chi connectivity index (χ0v) is 14.0. The molecule has 0 saturated heterocycles. The minimum atomic E-state index is 1.04. The minimum absolute atomic E-state index is 1.04. The van der Waals surface area contributed by atoms with E-state index in [1.807, 2.05) is 0 Å². The summed E-state index contributed by atoms with van der Waals surface area (Å²) in [6.45, 7) is 2.24. The lowest BCUT2D eigenvalue weighted by atomic mass is 10.1. The van der Waals surface area contributed by atoms with Crippen LogP contribution in [-0.4, -0.2) is 14.0 Å². The summed E-state index contributed by atoms with van der Waals surface area (Å²) in [7, 11) is 2.18. The highest BCUT2D eigenvalue weighted by atomic mass is 15.0. The Labute approximate surface area is 140 Å². The van der Waals surface area contributed by atoms with Crippen molar-refractivity contribution in [3.63, 3.8) is 0 Å². The molecule has 2 aromatic carbocycles. The number of hydrogen-bond donors (Lipinski definition) is 0. The van der Waals surface area contributed by atoms with Crippen molar-refractivity contribution in [1.82, 2.24) is 14.0 Å². The minimum Gasteiger partial charge on any atom is -0.342 e. The molecule has 0 atom stereocenters. The summed E-state index contributed by atoms with van der Waals surface area (Å²) in [6, 6.07) is 19.3. The number of hydrogen-bond acceptors (Lipinski definition) is 1. The molecule has 24 heavy (non-hydrogen) atoms. The van der Waals surface area contributed by atoms with E-state index in [4.69, 9.17) is 4.98 Å². The number of nitrogens with zero attached hydrogens (tertiary/aromatic N) is 3. The van der Waals surface area contributed by atoms with Gasteiger partial charge in [0.05, 0.1) is 16.6 Å². The van der Waals surface area contributed by atoms with Gasteiger partial charge in [-0.25, -0.2) is 4.98 Å². The highest BCUT2D eigenvalue weighted by Gasteiger charge is 2.17. The summed E-state index contributed by atoms with van der Waals surface area (Å²) in [5.41, 5.74) is 7.27. The van der Waals surface area contributed by atoms with Gasteiger partial charge in [0.2, 0.25) is 0 Å². The second-order valence-corrected chi connectivity index (χ2v) is 6.47. The maximum Gasteiger partial charge on any atom is 0.138 e. The van der Waals surface area contributed by atoms with E-state index in [-0.39, 0.29) is 0 Å². The fraction of sp³-hybridized carbons (Fsp3) is 0.190. The molecule has 0 fully saturated rings. The molecule has 3 heterocycles. The van der Waals surface area contributed by atoms with Crippen LogP contribution < -0.4 is 0 Å². The SMILES string of the molecule is CCCc1c2c(cc3nc4ccccc4n13)c1ccccc1n2C. The van der Waals surface area contributed by atoms with E-state index in [1.165, 1.54) is 33.0 Å². The Hall–Kier alpha value is -2.81. The van der Waals surface area contributed by atoms with E-state index >= 15 is 0 Å². The van der Waals surface area contributed by atoms with Gasteiger partial charge in [0.25, 0.3) is 0 Å². The van der Waals surface area contributed by atoms with E-state index in [0.29, 0.717) is 0 Å². The van der Waals surface area contributed by atoms with Gasteiger partial charge < -0.3 is 4.57 Å². The Morgan fingerprint density at radius 2 is 1.67 bits per heavy atom. The molecule has 0 bridgehead atoms. The molecule has 0 aliphatic rings. The van der Waals surface area contributed by atoms with Crippen LogP contribution in [0.3, 0.4) is 0 Å². The van der Waals surface area contributed by atoms with Crippen LogP contribution in [0.5, 0.6) is 0 Å². The summed E-state index contributed by atoms with van der Waals surface area (Å²) in [4.78, 5) is 4.88. The van der Waals surface area contributed by atoms with Gasteiger partial charge in [-0.1, -0.05) is 43.7 Å². The van der Waals surface area contributed by atoms with Crippen molar-refractivity contribution in [2.45, 2.75) is 19.8 Å². The third-order valence-corrected chi connectivity index (χ3v) is 5.04. The van der Waals surface area contributed by atoms with E-state index < -0.39 is 0 Å². The summed E-state index contributed by atoms with van der Waals surface area (Å²) in [6.07, 6.45) is 2.15. The smallest absolute Gasteiger partial charge is 0.138 e. The zero-order valence-electron chi connectivity index (χ0n) is 14.0. The fourth-order valence-corrected chi connectivity index (χ4v) is 4.04. The van der Waals surface area contributed by atoms with Crippen molar-refractivity contribution in [1.29, 1.82) is 0 Å². The number of aromatic nitrogens is 3. The van der Waals surface area contributed by atoms with Crippen LogP contribution in [0.15, 0.2) is 54.6 Å². The highest BCUT2D eigenvalue weighted by Crippen LogP contribution is 2.33. The Balaban J connectivity index is 2.10. The molecule has 3 aromatic heterocycles. The summed E-state index contributed by atoms with van der Waals surface area (Å²) >= 11 is 0. The molecule has 0 aliphatic carbocycles. The lowest BCUT2D eigenvalue weighted by molar-refractivity contribution is 0.863. The molecule has 5 rings (SSSR count). The molecule has 0 aliphatic heterocycles. The van der Waals surface area contributed by atoms with Gasteiger partial charge in [-0.15, -0.1) is 0 Å². The molecule has 0 spiro atoms. The van der Waals surface area contributed by atoms with Gasteiger partial charge in [-0.3, -0.25) is 4.40 Å². The second kappa shape index (κ2) is 4.84. The number of para-hydroxylation sites is 3. The first-order valence-corrected chi connectivity index (χ1v) is 8.56. The molecular formula is C21H19N3. The van der Waals surface area contributed by atoms with Crippen LogP contribution in [-0.2, 0) is 13.5 Å².